The number of methoxy groups -OCH3 is 1. The van der Waals surface area contributed by atoms with E-state index in [9.17, 15) is 13.2 Å². The van der Waals surface area contributed by atoms with Crippen molar-refractivity contribution in [2.75, 3.05) is 13.7 Å². The van der Waals surface area contributed by atoms with Crippen LogP contribution >= 0.6 is 23.2 Å². The second kappa shape index (κ2) is 6.52. The van der Waals surface area contributed by atoms with Crippen molar-refractivity contribution < 1.29 is 17.9 Å². The molecule has 0 bridgehead atoms. The van der Waals surface area contributed by atoms with Crippen LogP contribution in [0.3, 0.4) is 0 Å². The van der Waals surface area contributed by atoms with Gasteiger partial charge in [0.15, 0.2) is 0 Å². The van der Waals surface area contributed by atoms with Crippen molar-refractivity contribution >= 4 is 39.2 Å². The molecule has 1 saturated heterocycles. The Morgan fingerprint density at radius 2 is 2.05 bits per heavy atom. The van der Waals surface area contributed by atoms with E-state index in [2.05, 4.69) is 0 Å². The van der Waals surface area contributed by atoms with E-state index in [1.165, 1.54) is 25.3 Å². The van der Waals surface area contributed by atoms with Gasteiger partial charge in [-0.15, -0.1) is 0 Å². The molecule has 21 heavy (non-hydrogen) atoms. The number of benzene rings is 1. The van der Waals surface area contributed by atoms with E-state index >= 15 is 0 Å². The topological polar surface area (TPSA) is 63.7 Å². The average molecular weight is 352 g/mol. The molecule has 0 unspecified atom stereocenters. The van der Waals surface area contributed by atoms with Gasteiger partial charge in [0.1, 0.15) is 10.9 Å². The van der Waals surface area contributed by atoms with Gasteiger partial charge in [-0.1, -0.05) is 29.3 Å². The summed E-state index contributed by atoms with van der Waals surface area (Å²) in [4.78, 5) is 11.7. The second-order valence-corrected chi connectivity index (χ2v) is 7.35. The Kier molecular flexibility index (Phi) is 5.14. The van der Waals surface area contributed by atoms with E-state index < -0.39 is 22.0 Å². The minimum absolute atomic E-state index is 0.0339. The van der Waals surface area contributed by atoms with Crippen LogP contribution in [0.2, 0.25) is 10.0 Å². The molecule has 1 aromatic rings. The molecule has 0 aromatic heterocycles. The fourth-order valence-corrected chi connectivity index (χ4v) is 4.76. The molecule has 116 valence electrons. The molecule has 1 aliphatic heterocycles. The summed E-state index contributed by atoms with van der Waals surface area (Å²) < 4.78 is 31.4. The second-order valence-electron chi connectivity index (χ2n) is 4.70. The Morgan fingerprint density at radius 1 is 1.33 bits per heavy atom. The fourth-order valence-electron chi connectivity index (χ4n) is 2.37. The first kappa shape index (κ1) is 16.5. The third-order valence-electron chi connectivity index (χ3n) is 3.43. The van der Waals surface area contributed by atoms with E-state index in [1.807, 2.05) is 0 Å². The highest BCUT2D eigenvalue weighted by Gasteiger charge is 2.39. The number of carbonyl (C=O) groups excluding carboxylic acids is 1. The van der Waals surface area contributed by atoms with E-state index in [0.29, 0.717) is 12.8 Å². The fraction of sp³-hybridized carbons (Fsp3) is 0.462. The first-order valence-corrected chi connectivity index (χ1v) is 8.63. The van der Waals surface area contributed by atoms with Gasteiger partial charge in [0.2, 0.25) is 10.0 Å². The minimum atomic E-state index is -3.90. The predicted octanol–water partition coefficient (Wildman–Crippen LogP) is 2.71. The quantitative estimate of drug-likeness (QED) is 0.785. The lowest BCUT2D eigenvalue weighted by atomic mass is 10.1. The zero-order valence-corrected chi connectivity index (χ0v) is 13.7. The average Bonchev–Trinajstić information content (AvgIpc) is 2.49. The summed E-state index contributed by atoms with van der Waals surface area (Å²) in [7, 11) is -2.66. The molecule has 2 rings (SSSR count). The molecule has 5 nitrogen and oxygen atoms in total. The van der Waals surface area contributed by atoms with Gasteiger partial charge < -0.3 is 4.74 Å². The van der Waals surface area contributed by atoms with E-state index in [1.54, 1.807) is 0 Å². The zero-order chi connectivity index (χ0) is 15.6. The van der Waals surface area contributed by atoms with Crippen molar-refractivity contribution in [2.45, 2.75) is 30.2 Å². The maximum absolute atomic E-state index is 12.8. The number of nitrogens with zero attached hydrogens (tertiary/aromatic N) is 1. The Bertz CT molecular complexity index is 648. The highest BCUT2D eigenvalue weighted by Crippen LogP contribution is 2.33. The number of hydrogen-bond donors (Lipinski definition) is 0. The van der Waals surface area contributed by atoms with Crippen LogP contribution in [0.1, 0.15) is 19.3 Å². The summed E-state index contributed by atoms with van der Waals surface area (Å²) in [6.07, 6.45) is 1.89. The lowest BCUT2D eigenvalue weighted by Crippen LogP contribution is -2.48. The van der Waals surface area contributed by atoms with Gasteiger partial charge in [-0.2, -0.15) is 4.31 Å². The van der Waals surface area contributed by atoms with Crippen LogP contribution in [0.25, 0.3) is 0 Å². The highest BCUT2D eigenvalue weighted by molar-refractivity contribution is 7.89. The standard InChI is InChI=1S/C13H15Cl2NO4S/c1-20-13(17)10-6-2-3-8-16(10)21(18,19)11-7-4-5-9(14)12(11)15/h4-5,7,10H,2-3,6,8H2,1H3/t10-/m1/s1. The molecule has 0 spiro atoms. The van der Waals surface area contributed by atoms with Crippen molar-refractivity contribution in [3.05, 3.63) is 28.2 Å². The number of rotatable bonds is 3. The smallest absolute Gasteiger partial charge is 0.324 e. The predicted molar refractivity (Wildman–Crippen MR) is 80.0 cm³/mol. The number of ether oxygens (including phenoxy) is 1. The number of piperidine rings is 1. The monoisotopic (exact) mass is 351 g/mol. The Labute approximate surface area is 133 Å². The Balaban J connectivity index is 2.46. The summed E-state index contributed by atoms with van der Waals surface area (Å²) >= 11 is 11.9. The molecule has 1 fully saturated rings. The zero-order valence-electron chi connectivity index (χ0n) is 11.4. The molecule has 0 N–H and O–H groups in total. The molecule has 0 radical (unpaired) electrons. The number of sulfonamides is 1. The number of esters is 1. The minimum Gasteiger partial charge on any atom is -0.468 e. The Morgan fingerprint density at radius 3 is 2.71 bits per heavy atom. The lowest BCUT2D eigenvalue weighted by Gasteiger charge is -2.32. The summed E-state index contributed by atoms with van der Waals surface area (Å²) in [5.41, 5.74) is 0. The molecule has 0 saturated carbocycles. The molecule has 1 heterocycles. The summed E-state index contributed by atoms with van der Waals surface area (Å²) in [5.74, 6) is -0.559. The van der Waals surface area contributed by atoms with Crippen molar-refractivity contribution in [1.29, 1.82) is 0 Å². The molecule has 0 aliphatic carbocycles. The van der Waals surface area contributed by atoms with E-state index in [4.69, 9.17) is 27.9 Å². The SMILES string of the molecule is COC(=O)[C@H]1CCCCN1S(=O)(=O)c1cccc(Cl)c1Cl. The largest absolute Gasteiger partial charge is 0.468 e. The maximum Gasteiger partial charge on any atom is 0.324 e. The van der Waals surface area contributed by atoms with Crippen molar-refractivity contribution in [2.24, 2.45) is 0 Å². The van der Waals surface area contributed by atoms with Gasteiger partial charge in [-0.05, 0) is 31.4 Å². The van der Waals surface area contributed by atoms with Crippen molar-refractivity contribution in [3.8, 4) is 0 Å². The van der Waals surface area contributed by atoms with Gasteiger partial charge in [-0.25, -0.2) is 8.42 Å². The van der Waals surface area contributed by atoms with Gasteiger partial charge in [0, 0.05) is 6.54 Å². The highest BCUT2D eigenvalue weighted by atomic mass is 35.5. The molecule has 1 aliphatic rings. The van der Waals surface area contributed by atoms with Crippen LogP contribution < -0.4 is 0 Å². The summed E-state index contributed by atoms with van der Waals surface area (Å²) in [6, 6.07) is 3.59. The van der Waals surface area contributed by atoms with Crippen LogP contribution in [0.15, 0.2) is 23.1 Å². The molecular weight excluding hydrogens is 337 g/mol. The van der Waals surface area contributed by atoms with Gasteiger partial charge in [0.25, 0.3) is 0 Å². The van der Waals surface area contributed by atoms with Crippen LogP contribution in [0, 0.1) is 0 Å². The molecule has 0 amide bonds. The van der Waals surface area contributed by atoms with Gasteiger partial charge in [0.05, 0.1) is 17.2 Å². The normalized spacial score (nSPS) is 20.2. The maximum atomic E-state index is 12.8. The van der Waals surface area contributed by atoms with Crippen LogP contribution in [0.5, 0.6) is 0 Å². The molecule has 1 atom stereocenters. The molecule has 1 aromatic carbocycles. The molecular formula is C13H15Cl2NO4S. The number of carbonyl (C=O) groups is 1. The van der Waals surface area contributed by atoms with Crippen LogP contribution in [-0.2, 0) is 19.6 Å². The van der Waals surface area contributed by atoms with Gasteiger partial charge in [-0.3, -0.25) is 4.79 Å². The lowest BCUT2D eigenvalue weighted by molar-refractivity contribution is -0.146. The van der Waals surface area contributed by atoms with Crippen molar-refractivity contribution in [1.82, 2.24) is 4.31 Å². The van der Waals surface area contributed by atoms with Crippen molar-refractivity contribution in [3.63, 3.8) is 0 Å². The first-order chi connectivity index (χ1) is 9.89. The summed E-state index contributed by atoms with van der Waals surface area (Å²) in [6.45, 7) is 0.255. The number of halogens is 2. The number of hydrogen-bond acceptors (Lipinski definition) is 4. The van der Waals surface area contributed by atoms with E-state index in [0.717, 1.165) is 10.7 Å². The third kappa shape index (κ3) is 3.18. The van der Waals surface area contributed by atoms with E-state index in [-0.39, 0.29) is 21.5 Å². The third-order valence-corrected chi connectivity index (χ3v) is 6.31. The van der Waals surface area contributed by atoms with Gasteiger partial charge >= 0.3 is 5.97 Å². The van der Waals surface area contributed by atoms with Crippen LogP contribution in [-0.4, -0.2) is 38.4 Å². The summed E-state index contributed by atoms with van der Waals surface area (Å²) in [5, 5.41) is 0.123. The molecule has 8 heteroatoms. The van der Waals surface area contributed by atoms with Crippen LogP contribution in [0.4, 0.5) is 0 Å². The first-order valence-electron chi connectivity index (χ1n) is 6.43. The Hall–Kier alpha value is -0.820.